The monoisotopic (exact) mass is 328 g/mol. The number of hydrogen-bond donors (Lipinski definition) is 2. The van der Waals surface area contributed by atoms with Crippen LogP contribution < -0.4 is 10.6 Å². The molecule has 6 heteroatoms. The van der Waals surface area contributed by atoms with Gasteiger partial charge in [-0.1, -0.05) is 0 Å². The first-order chi connectivity index (χ1) is 10.9. The predicted molar refractivity (Wildman–Crippen MR) is 96.8 cm³/mol. The molecule has 0 amide bonds. The number of aliphatic imine (C=N–C) groups is 1. The fraction of sp³-hybridized carbons (Fsp3) is 0.882. The number of nitrogens with zero attached hydrogens (tertiary/aromatic N) is 2. The Bertz CT molecular complexity index is 335. The van der Waals surface area contributed by atoms with Gasteiger partial charge in [-0.2, -0.15) is 0 Å². The Balaban J connectivity index is 4.19. The zero-order valence-electron chi connectivity index (χ0n) is 15.8. The topological polar surface area (TPSA) is 66.0 Å². The number of nitrogens with one attached hydrogen (secondary N) is 2. The maximum atomic E-state index is 11.3. The smallest absolute Gasteiger partial charge is 0.305 e. The Morgan fingerprint density at radius 1 is 1.13 bits per heavy atom. The Labute approximate surface area is 142 Å². The summed E-state index contributed by atoms with van der Waals surface area (Å²) in [6.07, 6.45) is 1.13. The highest BCUT2D eigenvalue weighted by atomic mass is 16.5. The molecule has 0 aliphatic rings. The molecule has 23 heavy (non-hydrogen) atoms. The zero-order valence-corrected chi connectivity index (χ0v) is 15.8. The van der Waals surface area contributed by atoms with Crippen molar-refractivity contribution < 1.29 is 9.53 Å². The molecule has 0 aromatic heterocycles. The summed E-state index contributed by atoms with van der Waals surface area (Å²) < 4.78 is 4.91. The lowest BCUT2D eigenvalue weighted by atomic mass is 10.2. The molecule has 0 rings (SSSR count). The van der Waals surface area contributed by atoms with Crippen LogP contribution in [-0.4, -0.2) is 61.7 Å². The van der Waals surface area contributed by atoms with E-state index in [2.05, 4.69) is 48.2 Å². The van der Waals surface area contributed by atoms with Crippen LogP contribution in [0.2, 0.25) is 0 Å². The first-order valence-electron chi connectivity index (χ1n) is 8.85. The molecule has 0 heterocycles. The molecular formula is C17H36N4O2. The normalized spacial score (nSPS) is 12.1. The molecule has 0 aromatic rings. The molecule has 0 spiro atoms. The molecule has 0 aliphatic heterocycles. The van der Waals surface area contributed by atoms with E-state index < -0.39 is 0 Å². The molecule has 0 atom stereocenters. The van der Waals surface area contributed by atoms with E-state index in [0.29, 0.717) is 38.1 Å². The number of carbonyl (C=O) groups is 1. The van der Waals surface area contributed by atoms with Crippen molar-refractivity contribution in [2.75, 3.05) is 32.8 Å². The van der Waals surface area contributed by atoms with Crippen LogP contribution in [0.25, 0.3) is 0 Å². The highest BCUT2D eigenvalue weighted by Crippen LogP contribution is 2.03. The summed E-state index contributed by atoms with van der Waals surface area (Å²) in [4.78, 5) is 18.2. The first-order valence-corrected chi connectivity index (χ1v) is 8.85. The molecule has 0 aromatic carbocycles. The average Bonchev–Trinajstić information content (AvgIpc) is 2.47. The summed E-state index contributed by atoms with van der Waals surface area (Å²) in [7, 11) is 0. The Morgan fingerprint density at radius 2 is 1.78 bits per heavy atom. The minimum atomic E-state index is -0.148. The van der Waals surface area contributed by atoms with Crippen molar-refractivity contribution in [2.45, 2.75) is 66.5 Å². The van der Waals surface area contributed by atoms with E-state index in [0.717, 1.165) is 25.6 Å². The molecule has 0 radical (unpaired) electrons. The van der Waals surface area contributed by atoms with Crippen LogP contribution in [-0.2, 0) is 9.53 Å². The van der Waals surface area contributed by atoms with Gasteiger partial charge in [0.05, 0.1) is 6.61 Å². The molecule has 0 saturated carbocycles. The molecule has 136 valence electrons. The van der Waals surface area contributed by atoms with Gasteiger partial charge in [0.1, 0.15) is 0 Å². The van der Waals surface area contributed by atoms with E-state index in [1.807, 2.05) is 13.8 Å². The summed E-state index contributed by atoms with van der Waals surface area (Å²) in [6.45, 7) is 16.4. The van der Waals surface area contributed by atoms with E-state index in [9.17, 15) is 4.79 Å². The molecular weight excluding hydrogens is 292 g/mol. The van der Waals surface area contributed by atoms with Gasteiger partial charge < -0.3 is 15.4 Å². The predicted octanol–water partition coefficient (Wildman–Crippen LogP) is 2.00. The molecule has 0 bridgehead atoms. The lowest BCUT2D eigenvalue weighted by Crippen LogP contribution is -2.45. The third-order valence-corrected chi connectivity index (χ3v) is 3.45. The van der Waals surface area contributed by atoms with Crippen molar-refractivity contribution in [2.24, 2.45) is 4.99 Å². The number of esters is 1. The second-order valence-corrected chi connectivity index (χ2v) is 6.02. The van der Waals surface area contributed by atoms with Crippen molar-refractivity contribution >= 4 is 11.9 Å². The number of guanidine groups is 1. The van der Waals surface area contributed by atoms with Crippen LogP contribution in [0.15, 0.2) is 4.99 Å². The van der Waals surface area contributed by atoms with Crippen molar-refractivity contribution in [3.05, 3.63) is 0 Å². The maximum absolute atomic E-state index is 11.3. The highest BCUT2D eigenvalue weighted by molar-refractivity contribution is 5.79. The Morgan fingerprint density at radius 3 is 2.30 bits per heavy atom. The number of rotatable bonds is 11. The highest BCUT2D eigenvalue weighted by Gasteiger charge is 2.12. The van der Waals surface area contributed by atoms with Crippen molar-refractivity contribution in [1.29, 1.82) is 0 Å². The molecule has 0 saturated heterocycles. The van der Waals surface area contributed by atoms with Gasteiger partial charge in [0.2, 0.25) is 0 Å². The summed E-state index contributed by atoms with van der Waals surface area (Å²) in [5.74, 6) is 0.661. The molecule has 0 unspecified atom stereocenters. The fourth-order valence-electron chi connectivity index (χ4n) is 2.41. The summed E-state index contributed by atoms with van der Waals surface area (Å²) in [5, 5.41) is 6.59. The van der Waals surface area contributed by atoms with Gasteiger partial charge in [-0.25, -0.2) is 0 Å². The van der Waals surface area contributed by atoms with E-state index in [1.54, 1.807) is 0 Å². The van der Waals surface area contributed by atoms with Crippen LogP contribution in [0.3, 0.4) is 0 Å². The largest absolute Gasteiger partial charge is 0.466 e. The van der Waals surface area contributed by atoms with Crippen LogP contribution in [0.5, 0.6) is 0 Å². The SMILES string of the molecule is CCNC(=NCCCC(=O)OCC)NCCN(C(C)C)C(C)C. The lowest BCUT2D eigenvalue weighted by molar-refractivity contribution is -0.143. The fourth-order valence-corrected chi connectivity index (χ4v) is 2.41. The standard InChI is InChI=1S/C17H36N4O2/c1-7-18-17(19-11-9-10-16(22)23-8-2)20-12-13-21(14(3)4)15(5)6/h14-15H,7-13H2,1-6H3,(H2,18,19,20). The van der Waals surface area contributed by atoms with Crippen LogP contribution >= 0.6 is 0 Å². The third kappa shape index (κ3) is 11.0. The van der Waals surface area contributed by atoms with Gasteiger partial charge in [0.25, 0.3) is 0 Å². The second kappa shape index (κ2) is 13.2. The first kappa shape index (κ1) is 21.7. The molecule has 0 fully saturated rings. The Hall–Kier alpha value is -1.30. The molecule has 0 aliphatic carbocycles. The minimum absolute atomic E-state index is 0.148. The molecule has 2 N–H and O–H groups in total. The average molecular weight is 329 g/mol. The van der Waals surface area contributed by atoms with Gasteiger partial charge in [-0.3, -0.25) is 14.7 Å². The zero-order chi connectivity index (χ0) is 17.7. The number of carbonyl (C=O) groups excluding carboxylic acids is 1. The third-order valence-electron chi connectivity index (χ3n) is 3.45. The van der Waals surface area contributed by atoms with Crippen LogP contribution in [0, 0.1) is 0 Å². The number of ether oxygens (including phenoxy) is 1. The summed E-state index contributed by atoms with van der Waals surface area (Å²) in [5.41, 5.74) is 0. The second-order valence-electron chi connectivity index (χ2n) is 6.02. The molecule has 6 nitrogen and oxygen atoms in total. The van der Waals surface area contributed by atoms with Crippen LogP contribution in [0.1, 0.15) is 54.4 Å². The summed E-state index contributed by atoms with van der Waals surface area (Å²) in [6, 6.07) is 1.06. The van der Waals surface area contributed by atoms with E-state index in [4.69, 9.17) is 4.74 Å². The van der Waals surface area contributed by atoms with E-state index >= 15 is 0 Å². The Kier molecular flexibility index (Phi) is 12.4. The van der Waals surface area contributed by atoms with E-state index in [-0.39, 0.29) is 5.97 Å². The van der Waals surface area contributed by atoms with Gasteiger partial charge in [0.15, 0.2) is 5.96 Å². The van der Waals surface area contributed by atoms with Crippen molar-refractivity contribution in [3.8, 4) is 0 Å². The number of hydrogen-bond acceptors (Lipinski definition) is 4. The minimum Gasteiger partial charge on any atom is -0.466 e. The van der Waals surface area contributed by atoms with Gasteiger partial charge in [-0.15, -0.1) is 0 Å². The van der Waals surface area contributed by atoms with Crippen LogP contribution in [0.4, 0.5) is 0 Å². The van der Waals surface area contributed by atoms with Crippen molar-refractivity contribution in [1.82, 2.24) is 15.5 Å². The summed E-state index contributed by atoms with van der Waals surface area (Å²) >= 11 is 0. The van der Waals surface area contributed by atoms with Gasteiger partial charge >= 0.3 is 5.97 Å². The van der Waals surface area contributed by atoms with Gasteiger partial charge in [0, 0.05) is 44.7 Å². The maximum Gasteiger partial charge on any atom is 0.305 e. The van der Waals surface area contributed by atoms with E-state index in [1.165, 1.54) is 0 Å². The van der Waals surface area contributed by atoms with Gasteiger partial charge in [-0.05, 0) is 48.0 Å². The lowest BCUT2D eigenvalue weighted by Gasteiger charge is -2.30. The quantitative estimate of drug-likeness (QED) is 0.263. The van der Waals surface area contributed by atoms with Crippen molar-refractivity contribution in [3.63, 3.8) is 0 Å².